The maximum absolute atomic E-state index is 12.7. The summed E-state index contributed by atoms with van der Waals surface area (Å²) in [6.07, 6.45) is -6.58. The molecule has 2 fully saturated rings. The van der Waals surface area contributed by atoms with Gasteiger partial charge in [0.15, 0.2) is 17.6 Å². The van der Waals surface area contributed by atoms with Crippen molar-refractivity contribution < 1.29 is 37.3 Å². The molecule has 0 radical (unpaired) electrons. The van der Waals surface area contributed by atoms with Crippen LogP contribution in [0.4, 0.5) is 19.0 Å². The zero-order chi connectivity index (χ0) is 23.3. The number of benzene rings is 1. The highest BCUT2D eigenvalue weighted by atomic mass is 35.5. The van der Waals surface area contributed by atoms with Crippen LogP contribution in [-0.2, 0) is 15.7 Å². The van der Waals surface area contributed by atoms with Gasteiger partial charge in [0.1, 0.15) is 18.3 Å². The highest BCUT2D eigenvalue weighted by molar-refractivity contribution is 6.34. The third-order valence-corrected chi connectivity index (χ3v) is 5.64. The number of ether oxygens (including phenoxy) is 3. The Bertz CT molecular complexity index is 1200. The van der Waals surface area contributed by atoms with Gasteiger partial charge in [0, 0.05) is 5.56 Å². The van der Waals surface area contributed by atoms with Crippen LogP contribution in [0.25, 0.3) is 11.2 Å². The molecular formula is C20H16ClF3N4O5. The molecule has 3 aromatic rings. The number of nitrogens with zero attached hydrogens (tertiary/aromatic N) is 2. The Labute approximate surface area is 188 Å². The fourth-order valence-corrected chi connectivity index (χ4v) is 3.92. The number of nitrogens with one attached hydrogen (secondary N) is 2. The summed E-state index contributed by atoms with van der Waals surface area (Å²) in [7, 11) is 0. The third kappa shape index (κ3) is 4.22. The fraction of sp³-hybridized carbons (Fsp3) is 0.350. The Morgan fingerprint density at radius 2 is 1.91 bits per heavy atom. The van der Waals surface area contributed by atoms with Crippen LogP contribution in [0.5, 0.6) is 6.01 Å². The van der Waals surface area contributed by atoms with Crippen molar-refractivity contribution in [1.29, 1.82) is 0 Å². The second-order valence-corrected chi connectivity index (χ2v) is 7.99. The van der Waals surface area contributed by atoms with Crippen molar-refractivity contribution in [2.24, 2.45) is 0 Å². The Morgan fingerprint density at radius 1 is 1.18 bits per heavy atom. The molecule has 1 amide bonds. The lowest BCUT2D eigenvalue weighted by Gasteiger charge is -2.15. The molecular weight excluding hydrogens is 469 g/mol. The first-order valence-electron chi connectivity index (χ1n) is 9.82. The van der Waals surface area contributed by atoms with Crippen LogP contribution < -0.4 is 10.1 Å². The number of rotatable bonds is 4. The number of anilines is 1. The second kappa shape index (κ2) is 8.13. The quantitative estimate of drug-likeness (QED) is 0.521. The number of amides is 1. The van der Waals surface area contributed by atoms with Gasteiger partial charge >= 0.3 is 6.18 Å². The van der Waals surface area contributed by atoms with Crippen molar-refractivity contribution in [2.75, 3.05) is 18.5 Å². The van der Waals surface area contributed by atoms with Gasteiger partial charge in [-0.25, -0.2) is 4.98 Å². The van der Waals surface area contributed by atoms with Crippen LogP contribution >= 0.6 is 11.6 Å². The van der Waals surface area contributed by atoms with Crippen LogP contribution in [0.15, 0.2) is 30.3 Å². The number of carbonyl (C=O) groups excluding carboxylic acids is 1. The van der Waals surface area contributed by atoms with Gasteiger partial charge in [0.2, 0.25) is 0 Å². The Hall–Kier alpha value is -2.93. The number of halogens is 4. The van der Waals surface area contributed by atoms with Crippen molar-refractivity contribution in [3.8, 4) is 6.01 Å². The molecule has 5 rings (SSSR count). The van der Waals surface area contributed by atoms with E-state index in [1.807, 2.05) is 0 Å². The highest BCUT2D eigenvalue weighted by Gasteiger charge is 2.48. The van der Waals surface area contributed by atoms with Crippen molar-refractivity contribution in [3.63, 3.8) is 0 Å². The van der Waals surface area contributed by atoms with Crippen LogP contribution in [0.2, 0.25) is 5.02 Å². The molecule has 0 bridgehead atoms. The number of aliphatic hydroxyl groups is 1. The van der Waals surface area contributed by atoms with Gasteiger partial charge < -0.3 is 29.6 Å². The molecule has 2 saturated heterocycles. The lowest BCUT2D eigenvalue weighted by atomic mass is 10.1. The average Bonchev–Trinajstić information content (AvgIpc) is 3.45. The topological polar surface area (TPSA) is 119 Å². The SMILES string of the molecule is O=C(Nc1nc2nc(O[C@@H]3CO[C@H]4[C@@H]3OC[C@H]4O)[nH]c2cc1Cl)c1ccc(C(F)(F)F)cc1. The van der Waals surface area contributed by atoms with E-state index in [-0.39, 0.29) is 41.3 Å². The number of pyridine rings is 1. The van der Waals surface area contributed by atoms with E-state index in [0.29, 0.717) is 5.52 Å². The number of hydrogen-bond acceptors (Lipinski definition) is 7. The number of carbonyl (C=O) groups is 1. The zero-order valence-electron chi connectivity index (χ0n) is 16.6. The molecule has 0 spiro atoms. The molecule has 2 aliphatic heterocycles. The highest BCUT2D eigenvalue weighted by Crippen LogP contribution is 2.31. The van der Waals surface area contributed by atoms with Gasteiger partial charge in [0.25, 0.3) is 11.9 Å². The summed E-state index contributed by atoms with van der Waals surface area (Å²) in [5.74, 6) is -0.700. The summed E-state index contributed by atoms with van der Waals surface area (Å²) >= 11 is 6.21. The van der Waals surface area contributed by atoms with E-state index in [4.69, 9.17) is 25.8 Å². The van der Waals surface area contributed by atoms with Crippen LogP contribution in [0, 0.1) is 0 Å². The number of H-pyrrole nitrogens is 1. The van der Waals surface area contributed by atoms with E-state index in [1.165, 1.54) is 6.07 Å². The van der Waals surface area contributed by atoms with E-state index in [2.05, 4.69) is 20.3 Å². The number of fused-ring (bicyclic) bond motifs is 2. The maximum atomic E-state index is 12.7. The first kappa shape index (κ1) is 21.9. The zero-order valence-corrected chi connectivity index (χ0v) is 17.4. The smallest absolute Gasteiger partial charge is 0.416 e. The number of hydrogen-bond donors (Lipinski definition) is 3. The predicted molar refractivity (Wildman–Crippen MR) is 108 cm³/mol. The number of aromatic amines is 1. The van der Waals surface area contributed by atoms with Gasteiger partial charge in [-0.05, 0) is 30.3 Å². The second-order valence-electron chi connectivity index (χ2n) is 7.58. The van der Waals surface area contributed by atoms with E-state index in [0.717, 1.165) is 24.3 Å². The van der Waals surface area contributed by atoms with Crippen molar-refractivity contribution in [2.45, 2.75) is 30.6 Å². The molecule has 1 aromatic carbocycles. The molecule has 174 valence electrons. The first-order valence-corrected chi connectivity index (χ1v) is 10.2. The van der Waals surface area contributed by atoms with Gasteiger partial charge in [-0.15, -0.1) is 0 Å². The number of imidazole rings is 1. The van der Waals surface area contributed by atoms with E-state index < -0.39 is 42.1 Å². The Morgan fingerprint density at radius 3 is 2.64 bits per heavy atom. The fourth-order valence-electron chi connectivity index (χ4n) is 3.72. The largest absolute Gasteiger partial charge is 0.456 e. The molecule has 0 saturated carbocycles. The summed E-state index contributed by atoms with van der Waals surface area (Å²) in [6, 6.07) is 5.35. The van der Waals surface area contributed by atoms with Crippen LogP contribution in [-0.4, -0.2) is 63.6 Å². The van der Waals surface area contributed by atoms with Gasteiger partial charge in [-0.3, -0.25) is 4.79 Å². The minimum Gasteiger partial charge on any atom is -0.456 e. The number of aromatic nitrogens is 3. The van der Waals surface area contributed by atoms with Gasteiger partial charge in [-0.2, -0.15) is 18.2 Å². The predicted octanol–water partition coefficient (Wildman–Crippen LogP) is 2.79. The molecule has 33 heavy (non-hydrogen) atoms. The molecule has 4 heterocycles. The summed E-state index contributed by atoms with van der Waals surface area (Å²) in [6.45, 7) is 0.376. The summed E-state index contributed by atoms with van der Waals surface area (Å²) < 4.78 is 54.9. The summed E-state index contributed by atoms with van der Waals surface area (Å²) in [5, 5.41) is 12.4. The average molecular weight is 485 g/mol. The number of alkyl halides is 3. The first-order chi connectivity index (χ1) is 15.7. The van der Waals surface area contributed by atoms with E-state index in [9.17, 15) is 23.1 Å². The minimum atomic E-state index is -4.50. The number of aliphatic hydroxyl groups excluding tert-OH is 1. The van der Waals surface area contributed by atoms with Crippen molar-refractivity contribution in [3.05, 3.63) is 46.5 Å². The molecule has 4 atom stereocenters. The minimum absolute atomic E-state index is 0.00144. The lowest BCUT2D eigenvalue weighted by Crippen LogP contribution is -2.34. The Kier molecular flexibility index (Phi) is 5.40. The standard InChI is InChI=1S/C20H16ClF3N4O5/c21-10-5-11-17(28-19(25-11)33-13-7-32-14-12(29)6-31-15(13)14)26-16(10)27-18(30)8-1-3-9(4-2-8)20(22,23)24/h1-5,12-15,29H,6-7H2,(H2,25,26,27,28,30)/t12-,13-,14-,15-/m1/s1. The molecule has 2 aliphatic rings. The monoisotopic (exact) mass is 484 g/mol. The Balaban J connectivity index is 1.31. The molecule has 9 nitrogen and oxygen atoms in total. The molecule has 2 aromatic heterocycles. The van der Waals surface area contributed by atoms with Gasteiger partial charge in [0.05, 0.1) is 29.3 Å². The van der Waals surface area contributed by atoms with Crippen LogP contribution in [0.1, 0.15) is 15.9 Å². The lowest BCUT2D eigenvalue weighted by molar-refractivity contribution is -0.137. The normalized spacial score (nSPS) is 24.8. The third-order valence-electron chi connectivity index (χ3n) is 5.36. The van der Waals surface area contributed by atoms with Crippen molar-refractivity contribution >= 4 is 34.5 Å². The van der Waals surface area contributed by atoms with E-state index >= 15 is 0 Å². The van der Waals surface area contributed by atoms with E-state index in [1.54, 1.807) is 0 Å². The van der Waals surface area contributed by atoms with Crippen LogP contribution in [0.3, 0.4) is 0 Å². The molecule has 0 aliphatic carbocycles. The summed E-state index contributed by atoms with van der Waals surface area (Å²) in [4.78, 5) is 23.8. The molecule has 0 unspecified atom stereocenters. The molecule has 13 heteroatoms. The molecule has 3 N–H and O–H groups in total. The van der Waals surface area contributed by atoms with Crippen molar-refractivity contribution in [1.82, 2.24) is 15.0 Å². The maximum Gasteiger partial charge on any atom is 0.416 e. The van der Waals surface area contributed by atoms with Gasteiger partial charge in [-0.1, -0.05) is 11.6 Å². The summed E-state index contributed by atoms with van der Waals surface area (Å²) in [5.41, 5.74) is -0.232.